The third kappa shape index (κ3) is 3.95. The summed E-state index contributed by atoms with van der Waals surface area (Å²) in [6.07, 6.45) is 2.79. The van der Waals surface area contributed by atoms with Gasteiger partial charge in [0.1, 0.15) is 24.2 Å². The van der Waals surface area contributed by atoms with Gasteiger partial charge in [-0.1, -0.05) is 18.2 Å². The Morgan fingerprint density at radius 3 is 2.86 bits per heavy atom. The number of carbonyl (C=O) groups excluding carboxylic acids is 1. The highest BCUT2D eigenvalue weighted by atomic mass is 19.1. The van der Waals surface area contributed by atoms with Crippen molar-refractivity contribution < 1.29 is 18.3 Å². The summed E-state index contributed by atoms with van der Waals surface area (Å²) in [7, 11) is 1.61. The molecule has 1 N–H and O–H groups in total. The number of aromatic nitrogens is 3. The predicted molar refractivity (Wildman–Crippen MR) is 101 cm³/mol. The van der Waals surface area contributed by atoms with Crippen molar-refractivity contribution in [3.63, 3.8) is 0 Å². The SMILES string of the molecule is CN1C(=O)[C@@H](NCc2nn(Cc3ccccc3F)cc2F)COc2cccnc21. The van der Waals surface area contributed by atoms with E-state index in [0.717, 1.165) is 0 Å². The van der Waals surface area contributed by atoms with Crippen molar-refractivity contribution in [3.8, 4) is 5.75 Å². The number of hydrogen-bond acceptors (Lipinski definition) is 5. The van der Waals surface area contributed by atoms with Gasteiger partial charge >= 0.3 is 0 Å². The van der Waals surface area contributed by atoms with Crippen molar-refractivity contribution in [2.24, 2.45) is 0 Å². The molecule has 0 aliphatic carbocycles. The van der Waals surface area contributed by atoms with Gasteiger partial charge in [0.05, 0.1) is 12.7 Å². The number of carbonyl (C=O) groups is 1. The monoisotopic (exact) mass is 399 g/mol. The third-order valence-electron chi connectivity index (χ3n) is 4.70. The molecule has 1 atom stereocenters. The number of hydrogen-bond donors (Lipinski definition) is 1. The summed E-state index contributed by atoms with van der Waals surface area (Å²) < 4.78 is 35.1. The lowest BCUT2D eigenvalue weighted by Gasteiger charge is -2.19. The molecule has 1 amide bonds. The molecule has 3 heterocycles. The van der Waals surface area contributed by atoms with E-state index in [1.165, 1.54) is 21.8 Å². The largest absolute Gasteiger partial charge is 0.488 e. The minimum atomic E-state index is -0.690. The molecule has 0 bridgehead atoms. The van der Waals surface area contributed by atoms with Gasteiger partial charge in [-0.25, -0.2) is 13.8 Å². The minimum absolute atomic E-state index is 0.0213. The Kier molecular flexibility index (Phi) is 5.22. The Morgan fingerprint density at radius 1 is 1.21 bits per heavy atom. The van der Waals surface area contributed by atoms with Gasteiger partial charge in [-0.15, -0.1) is 0 Å². The summed E-state index contributed by atoms with van der Waals surface area (Å²) in [5.74, 6) is -0.210. The van der Waals surface area contributed by atoms with Gasteiger partial charge in [-0.05, 0) is 18.2 Å². The number of nitrogens with one attached hydrogen (secondary N) is 1. The Morgan fingerprint density at radius 2 is 2.03 bits per heavy atom. The molecule has 4 rings (SSSR count). The molecule has 29 heavy (non-hydrogen) atoms. The van der Waals surface area contributed by atoms with Crippen LogP contribution < -0.4 is 15.0 Å². The van der Waals surface area contributed by atoms with Crippen LogP contribution in [0.4, 0.5) is 14.6 Å². The second-order valence-electron chi connectivity index (χ2n) is 6.68. The molecule has 0 fully saturated rings. The highest BCUT2D eigenvalue weighted by Gasteiger charge is 2.30. The smallest absolute Gasteiger partial charge is 0.248 e. The number of halogens is 2. The summed E-state index contributed by atoms with van der Waals surface area (Å²) in [4.78, 5) is 18.3. The summed E-state index contributed by atoms with van der Waals surface area (Å²) in [6.45, 7) is 0.214. The summed E-state index contributed by atoms with van der Waals surface area (Å²) >= 11 is 0. The fraction of sp³-hybridized carbons (Fsp3) is 0.250. The number of anilines is 1. The van der Waals surface area contributed by atoms with Gasteiger partial charge in [0.25, 0.3) is 0 Å². The number of ether oxygens (including phenoxy) is 1. The molecular weight excluding hydrogens is 380 g/mol. The Labute approximate surface area is 165 Å². The number of fused-ring (bicyclic) bond motifs is 1. The lowest BCUT2D eigenvalue weighted by atomic mass is 10.2. The number of likely N-dealkylation sites (N-methyl/N-ethyl adjacent to an activating group) is 1. The van der Waals surface area contributed by atoms with Crippen LogP contribution in [-0.4, -0.2) is 40.4 Å². The summed E-state index contributed by atoms with van der Waals surface area (Å²) in [5.41, 5.74) is 0.547. The van der Waals surface area contributed by atoms with Crippen LogP contribution in [0.25, 0.3) is 0 Å². The maximum atomic E-state index is 14.3. The number of nitrogens with zero attached hydrogens (tertiary/aromatic N) is 4. The Hall–Kier alpha value is -3.33. The first kappa shape index (κ1) is 19.0. The van der Waals surface area contributed by atoms with Crippen molar-refractivity contribution in [3.05, 3.63) is 71.7 Å². The summed E-state index contributed by atoms with van der Waals surface area (Å²) in [6, 6.07) is 9.04. The average molecular weight is 399 g/mol. The van der Waals surface area contributed by atoms with E-state index < -0.39 is 11.9 Å². The van der Waals surface area contributed by atoms with E-state index in [1.54, 1.807) is 43.6 Å². The Balaban J connectivity index is 1.44. The van der Waals surface area contributed by atoms with Gasteiger partial charge in [-0.3, -0.25) is 19.7 Å². The van der Waals surface area contributed by atoms with Crippen LogP contribution in [0.15, 0.2) is 48.8 Å². The lowest BCUT2D eigenvalue weighted by Crippen LogP contribution is -2.47. The molecular formula is C20H19F2N5O2. The third-order valence-corrected chi connectivity index (χ3v) is 4.70. The molecule has 1 aliphatic rings. The topological polar surface area (TPSA) is 72.3 Å². The van der Waals surface area contributed by atoms with E-state index in [9.17, 15) is 13.6 Å². The molecule has 0 unspecified atom stereocenters. The van der Waals surface area contributed by atoms with Crippen LogP contribution in [0.2, 0.25) is 0 Å². The average Bonchev–Trinajstić information content (AvgIpc) is 3.02. The fourth-order valence-electron chi connectivity index (χ4n) is 3.13. The van der Waals surface area contributed by atoms with Crippen LogP contribution in [0.1, 0.15) is 11.3 Å². The second-order valence-corrected chi connectivity index (χ2v) is 6.68. The van der Waals surface area contributed by atoms with Crippen molar-refractivity contribution in [2.75, 3.05) is 18.6 Å². The molecule has 150 valence electrons. The first-order chi connectivity index (χ1) is 14.0. The molecule has 7 nitrogen and oxygen atoms in total. The number of benzene rings is 1. The molecule has 0 saturated carbocycles. The van der Waals surface area contributed by atoms with Gasteiger partial charge < -0.3 is 4.74 Å². The first-order valence-electron chi connectivity index (χ1n) is 9.07. The summed E-state index contributed by atoms with van der Waals surface area (Å²) in [5, 5.41) is 7.16. The normalized spacial score (nSPS) is 16.3. The molecule has 9 heteroatoms. The zero-order chi connectivity index (χ0) is 20.4. The van der Waals surface area contributed by atoms with E-state index in [-0.39, 0.29) is 37.1 Å². The van der Waals surface area contributed by atoms with Crippen LogP contribution in [-0.2, 0) is 17.9 Å². The zero-order valence-electron chi connectivity index (χ0n) is 15.7. The predicted octanol–water partition coefficient (Wildman–Crippen LogP) is 2.12. The number of amides is 1. The molecule has 0 radical (unpaired) electrons. The Bertz CT molecular complexity index is 1040. The highest BCUT2D eigenvalue weighted by molar-refractivity contribution is 5.97. The van der Waals surface area contributed by atoms with Crippen molar-refractivity contribution >= 4 is 11.7 Å². The van der Waals surface area contributed by atoms with Crippen LogP contribution in [0, 0.1) is 11.6 Å². The van der Waals surface area contributed by atoms with E-state index in [4.69, 9.17) is 4.74 Å². The van der Waals surface area contributed by atoms with Gasteiger partial charge in [-0.2, -0.15) is 5.10 Å². The van der Waals surface area contributed by atoms with E-state index >= 15 is 0 Å². The molecule has 0 spiro atoms. The quantitative estimate of drug-likeness (QED) is 0.712. The number of rotatable bonds is 5. The van der Waals surface area contributed by atoms with Gasteiger partial charge in [0, 0.05) is 25.4 Å². The van der Waals surface area contributed by atoms with E-state index in [1.807, 2.05) is 0 Å². The van der Waals surface area contributed by atoms with Crippen molar-refractivity contribution in [1.29, 1.82) is 0 Å². The molecule has 3 aromatic rings. The van der Waals surface area contributed by atoms with Crippen LogP contribution in [0.5, 0.6) is 5.75 Å². The molecule has 2 aromatic heterocycles. The maximum Gasteiger partial charge on any atom is 0.248 e. The first-order valence-corrected chi connectivity index (χ1v) is 9.07. The maximum absolute atomic E-state index is 14.3. The van der Waals surface area contributed by atoms with Crippen molar-refractivity contribution in [2.45, 2.75) is 19.1 Å². The van der Waals surface area contributed by atoms with Gasteiger partial charge in [0.15, 0.2) is 17.4 Å². The highest BCUT2D eigenvalue weighted by Crippen LogP contribution is 2.27. The second kappa shape index (κ2) is 7.96. The van der Waals surface area contributed by atoms with Crippen LogP contribution in [0.3, 0.4) is 0 Å². The zero-order valence-corrected chi connectivity index (χ0v) is 15.7. The molecule has 0 saturated heterocycles. The molecule has 1 aromatic carbocycles. The number of pyridine rings is 1. The minimum Gasteiger partial charge on any atom is -0.488 e. The fourth-order valence-corrected chi connectivity index (χ4v) is 3.13. The van der Waals surface area contributed by atoms with Crippen LogP contribution >= 0.6 is 0 Å². The molecule has 1 aliphatic heterocycles. The lowest BCUT2D eigenvalue weighted by molar-refractivity contribution is -0.120. The van der Waals surface area contributed by atoms with E-state index in [2.05, 4.69) is 15.4 Å². The van der Waals surface area contributed by atoms with E-state index in [0.29, 0.717) is 17.1 Å². The standard InChI is InChI=1S/C20H19F2N5O2/c1-26-19-18(7-4-8-23-19)29-12-17(20(26)28)24-9-16-15(22)11-27(25-16)10-13-5-2-3-6-14(13)21/h2-8,11,17,24H,9-10,12H2,1H3/t17-/m0/s1. The van der Waals surface area contributed by atoms with Crippen molar-refractivity contribution in [1.82, 2.24) is 20.1 Å². The van der Waals surface area contributed by atoms with Gasteiger partial charge in [0.2, 0.25) is 5.91 Å².